The van der Waals surface area contributed by atoms with Crippen LogP contribution >= 0.6 is 0 Å². The van der Waals surface area contributed by atoms with Gasteiger partial charge in [0.05, 0.1) is 0 Å². The second-order valence-corrected chi connectivity index (χ2v) is 3.51. The Kier molecular flexibility index (Phi) is 1.71. The van der Waals surface area contributed by atoms with Gasteiger partial charge in [-0.25, -0.2) is 0 Å². The van der Waals surface area contributed by atoms with Crippen LogP contribution in [0.3, 0.4) is 0 Å². The van der Waals surface area contributed by atoms with E-state index >= 15 is 0 Å². The van der Waals surface area contributed by atoms with E-state index in [9.17, 15) is 0 Å². The van der Waals surface area contributed by atoms with Crippen molar-refractivity contribution in [2.75, 3.05) is 0 Å². The lowest BCUT2D eigenvalue weighted by Crippen LogP contribution is -2.08. The van der Waals surface area contributed by atoms with E-state index < -0.39 is 0 Å². The molecule has 1 aliphatic rings. The van der Waals surface area contributed by atoms with Crippen LogP contribution < -0.4 is 0 Å². The number of hydrogen-bond donors (Lipinski definition) is 0. The predicted octanol–water partition coefficient (Wildman–Crippen LogP) is 1.72. The topological polar surface area (TPSA) is 30.7 Å². The first-order chi connectivity index (χ1) is 5.77. The molecule has 1 aliphatic heterocycles. The summed E-state index contributed by atoms with van der Waals surface area (Å²) in [5.41, 5.74) is 1.49. The molecule has 0 saturated carbocycles. The lowest BCUT2D eigenvalue weighted by atomic mass is 9.97. The van der Waals surface area contributed by atoms with Crippen molar-refractivity contribution in [3.8, 4) is 0 Å². The zero-order valence-electron chi connectivity index (χ0n) is 7.49. The highest BCUT2D eigenvalue weighted by atomic mass is 15.3. The number of hydrogen-bond acceptors (Lipinski definition) is 2. The zero-order chi connectivity index (χ0) is 8.55. The van der Waals surface area contributed by atoms with Gasteiger partial charge < -0.3 is 0 Å². The molecule has 12 heavy (non-hydrogen) atoms. The van der Waals surface area contributed by atoms with Crippen molar-refractivity contribution in [1.82, 2.24) is 14.8 Å². The molecule has 0 saturated heterocycles. The molecule has 3 heteroatoms. The van der Waals surface area contributed by atoms with Gasteiger partial charge in [0.2, 0.25) is 0 Å². The Morgan fingerprint density at radius 2 is 2.25 bits per heavy atom. The van der Waals surface area contributed by atoms with Crippen LogP contribution in [0, 0.1) is 5.92 Å². The Balaban J connectivity index is 2.35. The maximum absolute atomic E-state index is 4.02. The minimum Gasteiger partial charge on any atom is -0.293 e. The maximum atomic E-state index is 4.02. The number of nitrogens with zero attached hydrogens (tertiary/aromatic N) is 3. The number of fused-ring (bicyclic) bond motifs is 1. The van der Waals surface area contributed by atoms with Crippen molar-refractivity contribution in [1.29, 1.82) is 0 Å². The Morgan fingerprint density at radius 3 is 3.00 bits per heavy atom. The summed E-state index contributed by atoms with van der Waals surface area (Å²) < 4.78 is 2.03. The summed E-state index contributed by atoms with van der Waals surface area (Å²) >= 11 is 0. The molecule has 64 valence electrons. The van der Waals surface area contributed by atoms with Gasteiger partial charge in [-0.05, 0) is 12.3 Å². The smallest absolute Gasteiger partial charge is 0.137 e. The Morgan fingerprint density at radius 1 is 1.42 bits per heavy atom. The molecular formula is C9H13N3. The fourth-order valence-corrected chi connectivity index (χ4v) is 1.49. The second-order valence-electron chi connectivity index (χ2n) is 3.51. The van der Waals surface area contributed by atoms with Crippen LogP contribution in [0.4, 0.5) is 0 Å². The molecule has 0 atom stereocenters. The van der Waals surface area contributed by atoms with Crippen molar-refractivity contribution >= 4 is 6.20 Å². The van der Waals surface area contributed by atoms with Crippen molar-refractivity contribution in [3.63, 3.8) is 0 Å². The van der Waals surface area contributed by atoms with E-state index in [-0.39, 0.29) is 0 Å². The average Bonchev–Trinajstić information content (AvgIpc) is 2.49. The first-order valence-corrected chi connectivity index (χ1v) is 4.36. The summed E-state index contributed by atoms with van der Waals surface area (Å²) in [6.45, 7) is 4.45. The van der Waals surface area contributed by atoms with Crippen LogP contribution in [0.15, 0.2) is 11.9 Å². The van der Waals surface area contributed by atoms with E-state index in [0.29, 0.717) is 5.92 Å². The molecule has 0 amide bonds. The minimum absolute atomic E-state index is 0.639. The molecule has 0 aromatic carbocycles. The molecule has 0 unspecified atom stereocenters. The van der Waals surface area contributed by atoms with E-state index in [4.69, 9.17) is 0 Å². The third-order valence-corrected chi connectivity index (χ3v) is 2.33. The fourth-order valence-electron chi connectivity index (χ4n) is 1.49. The predicted molar refractivity (Wildman–Crippen MR) is 47.5 cm³/mol. The summed E-state index contributed by atoms with van der Waals surface area (Å²) in [6.07, 6.45) is 6.10. The molecule has 0 N–H and O–H groups in total. The minimum atomic E-state index is 0.639. The lowest BCUT2D eigenvalue weighted by Gasteiger charge is -2.16. The van der Waals surface area contributed by atoms with Gasteiger partial charge in [-0.2, -0.15) is 0 Å². The highest BCUT2D eigenvalue weighted by molar-refractivity contribution is 5.35. The molecule has 0 fully saturated rings. The lowest BCUT2D eigenvalue weighted by molar-refractivity contribution is 0.675. The Bertz CT molecular complexity index is 309. The number of aryl methyl sites for hydroxylation is 1. The largest absolute Gasteiger partial charge is 0.293 e. The fraction of sp³-hybridized carbons (Fsp3) is 0.556. The van der Waals surface area contributed by atoms with Gasteiger partial charge in [0.1, 0.15) is 12.2 Å². The summed E-state index contributed by atoms with van der Waals surface area (Å²) in [5.74, 6) is 1.72. The first-order valence-electron chi connectivity index (χ1n) is 4.36. The number of aromatic nitrogens is 3. The van der Waals surface area contributed by atoms with Crippen molar-refractivity contribution in [2.45, 2.75) is 26.7 Å². The second kappa shape index (κ2) is 2.73. The third kappa shape index (κ3) is 1.15. The van der Waals surface area contributed by atoms with E-state index in [1.807, 2.05) is 4.57 Å². The quantitative estimate of drug-likeness (QED) is 0.631. The van der Waals surface area contributed by atoms with Gasteiger partial charge in [-0.3, -0.25) is 4.57 Å². The van der Waals surface area contributed by atoms with Gasteiger partial charge in [0.15, 0.2) is 0 Å². The molecule has 0 spiro atoms. The van der Waals surface area contributed by atoms with Gasteiger partial charge in [-0.1, -0.05) is 19.4 Å². The standard InChI is InChI=1S/C9H13N3/c1-7(2)8-3-4-9-11-10-6-12(9)5-8/h5-7H,3-4H2,1-2H3. The summed E-state index contributed by atoms with van der Waals surface area (Å²) in [4.78, 5) is 0. The van der Waals surface area contributed by atoms with Crippen molar-refractivity contribution < 1.29 is 0 Å². The molecule has 3 nitrogen and oxygen atoms in total. The summed E-state index contributed by atoms with van der Waals surface area (Å²) in [5, 5.41) is 7.88. The van der Waals surface area contributed by atoms with Crippen LogP contribution in [-0.4, -0.2) is 14.8 Å². The van der Waals surface area contributed by atoms with Gasteiger partial charge >= 0.3 is 0 Å². The molecule has 0 radical (unpaired) electrons. The molecule has 2 heterocycles. The number of rotatable bonds is 1. The van der Waals surface area contributed by atoms with Crippen LogP contribution in [0.1, 0.15) is 26.1 Å². The highest BCUT2D eigenvalue weighted by Crippen LogP contribution is 2.21. The van der Waals surface area contributed by atoms with Gasteiger partial charge in [0, 0.05) is 12.6 Å². The van der Waals surface area contributed by atoms with E-state index in [0.717, 1.165) is 18.7 Å². The summed E-state index contributed by atoms with van der Waals surface area (Å²) in [6, 6.07) is 0. The summed E-state index contributed by atoms with van der Waals surface area (Å²) in [7, 11) is 0. The van der Waals surface area contributed by atoms with Crippen LogP contribution in [0.5, 0.6) is 0 Å². The average molecular weight is 163 g/mol. The Hall–Kier alpha value is -1.12. The van der Waals surface area contributed by atoms with Gasteiger partial charge in [-0.15, -0.1) is 10.2 Å². The molecule has 1 aromatic rings. The SMILES string of the molecule is CC(C)C1=Cn2cnnc2CC1. The third-order valence-electron chi connectivity index (χ3n) is 2.33. The molecular weight excluding hydrogens is 150 g/mol. The van der Waals surface area contributed by atoms with E-state index in [1.165, 1.54) is 5.57 Å². The monoisotopic (exact) mass is 163 g/mol. The van der Waals surface area contributed by atoms with Crippen molar-refractivity contribution in [3.05, 3.63) is 17.7 Å². The van der Waals surface area contributed by atoms with Crippen LogP contribution in [-0.2, 0) is 6.42 Å². The molecule has 0 aliphatic carbocycles. The normalized spacial score (nSPS) is 16.1. The van der Waals surface area contributed by atoms with Crippen LogP contribution in [0.2, 0.25) is 0 Å². The van der Waals surface area contributed by atoms with Crippen LogP contribution in [0.25, 0.3) is 6.20 Å². The van der Waals surface area contributed by atoms with E-state index in [2.05, 4.69) is 30.2 Å². The molecule has 2 rings (SSSR count). The first kappa shape index (κ1) is 7.53. The zero-order valence-corrected chi connectivity index (χ0v) is 7.49. The Labute approximate surface area is 72.1 Å². The van der Waals surface area contributed by atoms with Gasteiger partial charge in [0.25, 0.3) is 0 Å². The van der Waals surface area contributed by atoms with E-state index in [1.54, 1.807) is 6.33 Å². The maximum Gasteiger partial charge on any atom is 0.137 e. The van der Waals surface area contributed by atoms with Crippen molar-refractivity contribution in [2.24, 2.45) is 5.92 Å². The highest BCUT2D eigenvalue weighted by Gasteiger charge is 2.12. The molecule has 1 aromatic heterocycles. The molecule has 0 bridgehead atoms. The number of allylic oxidation sites excluding steroid dienone is 1.